The maximum atomic E-state index is 11.3. The first kappa shape index (κ1) is 14.9. The van der Waals surface area contributed by atoms with Crippen LogP contribution in [0.2, 0.25) is 0 Å². The number of rotatable bonds is 6. The van der Waals surface area contributed by atoms with E-state index in [1.54, 1.807) is 12.1 Å². The first-order chi connectivity index (χ1) is 10.1. The molecule has 0 bridgehead atoms. The van der Waals surface area contributed by atoms with E-state index in [0.717, 1.165) is 23.4 Å². The van der Waals surface area contributed by atoms with Crippen LogP contribution in [0.3, 0.4) is 0 Å². The summed E-state index contributed by atoms with van der Waals surface area (Å²) in [7, 11) is 0. The van der Waals surface area contributed by atoms with Gasteiger partial charge in [0.25, 0.3) is 0 Å². The van der Waals surface area contributed by atoms with Crippen LogP contribution in [0.4, 0.5) is 11.4 Å². The predicted octanol–water partition coefficient (Wildman–Crippen LogP) is 4.23. The van der Waals surface area contributed by atoms with Crippen molar-refractivity contribution < 1.29 is 14.6 Å². The summed E-state index contributed by atoms with van der Waals surface area (Å²) < 4.78 is 5.52. The van der Waals surface area contributed by atoms with Gasteiger partial charge in [-0.15, -0.1) is 0 Å². The molecule has 0 atom stereocenters. The summed E-state index contributed by atoms with van der Waals surface area (Å²) in [4.78, 5) is 11.3. The summed E-state index contributed by atoms with van der Waals surface area (Å²) in [6.45, 7) is 4.62. The fourth-order valence-electron chi connectivity index (χ4n) is 1.95. The van der Waals surface area contributed by atoms with Gasteiger partial charge in [0.1, 0.15) is 5.75 Å². The normalized spacial score (nSPS) is 10.2. The molecule has 0 aromatic heterocycles. The standard InChI is InChI=1S/C17H19NO3/c1-3-10-21-14-7-5-13(6-8-14)18-16-9-4-12(2)11-15(16)17(19)20/h4-9,11,18H,3,10H2,1-2H3,(H,19,20). The van der Waals surface area contributed by atoms with E-state index >= 15 is 0 Å². The van der Waals surface area contributed by atoms with Crippen molar-refractivity contribution in [1.29, 1.82) is 0 Å². The van der Waals surface area contributed by atoms with Gasteiger partial charge in [-0.25, -0.2) is 4.79 Å². The number of aryl methyl sites for hydroxylation is 1. The summed E-state index contributed by atoms with van der Waals surface area (Å²) in [5.74, 6) is -0.131. The maximum Gasteiger partial charge on any atom is 0.337 e. The van der Waals surface area contributed by atoms with E-state index in [2.05, 4.69) is 12.2 Å². The first-order valence-corrected chi connectivity index (χ1v) is 6.94. The maximum absolute atomic E-state index is 11.3. The van der Waals surface area contributed by atoms with Gasteiger partial charge in [-0.1, -0.05) is 18.6 Å². The zero-order valence-electron chi connectivity index (χ0n) is 12.2. The van der Waals surface area contributed by atoms with Crippen molar-refractivity contribution in [3.63, 3.8) is 0 Å². The van der Waals surface area contributed by atoms with Crippen LogP contribution in [0.25, 0.3) is 0 Å². The van der Waals surface area contributed by atoms with E-state index in [1.165, 1.54) is 0 Å². The fourth-order valence-corrected chi connectivity index (χ4v) is 1.95. The highest BCUT2D eigenvalue weighted by Crippen LogP contribution is 2.24. The van der Waals surface area contributed by atoms with E-state index in [4.69, 9.17) is 4.74 Å². The van der Waals surface area contributed by atoms with E-state index in [0.29, 0.717) is 12.3 Å². The van der Waals surface area contributed by atoms with E-state index in [-0.39, 0.29) is 5.56 Å². The molecule has 0 unspecified atom stereocenters. The number of anilines is 2. The van der Waals surface area contributed by atoms with Crippen LogP contribution in [0.1, 0.15) is 29.3 Å². The third-order valence-corrected chi connectivity index (χ3v) is 3.01. The van der Waals surface area contributed by atoms with Crippen molar-refractivity contribution in [1.82, 2.24) is 0 Å². The minimum absolute atomic E-state index is 0.265. The van der Waals surface area contributed by atoms with Crippen molar-refractivity contribution >= 4 is 17.3 Å². The van der Waals surface area contributed by atoms with Gasteiger partial charge in [0, 0.05) is 5.69 Å². The highest BCUT2D eigenvalue weighted by molar-refractivity contribution is 5.95. The second-order valence-corrected chi connectivity index (χ2v) is 4.85. The van der Waals surface area contributed by atoms with Crippen LogP contribution in [-0.2, 0) is 0 Å². The SMILES string of the molecule is CCCOc1ccc(Nc2ccc(C)cc2C(=O)O)cc1. The summed E-state index contributed by atoms with van der Waals surface area (Å²) in [6, 6.07) is 12.8. The lowest BCUT2D eigenvalue weighted by Gasteiger charge is -2.11. The number of carbonyl (C=O) groups is 1. The molecule has 0 spiro atoms. The highest BCUT2D eigenvalue weighted by Gasteiger charge is 2.10. The van der Waals surface area contributed by atoms with Gasteiger partial charge in [-0.3, -0.25) is 0 Å². The van der Waals surface area contributed by atoms with Crippen LogP contribution in [0.5, 0.6) is 5.75 Å². The van der Waals surface area contributed by atoms with Crippen molar-refractivity contribution in [2.24, 2.45) is 0 Å². The number of carboxylic acid groups (broad SMARTS) is 1. The molecule has 0 aliphatic carbocycles. The molecule has 2 rings (SSSR count). The van der Waals surface area contributed by atoms with Gasteiger partial charge in [0.2, 0.25) is 0 Å². The second-order valence-electron chi connectivity index (χ2n) is 4.85. The Bertz CT molecular complexity index is 620. The zero-order chi connectivity index (χ0) is 15.2. The van der Waals surface area contributed by atoms with E-state index < -0.39 is 5.97 Å². The number of hydrogen-bond donors (Lipinski definition) is 2. The molecule has 0 aliphatic rings. The Morgan fingerprint density at radius 2 is 1.90 bits per heavy atom. The summed E-state index contributed by atoms with van der Waals surface area (Å²) in [5.41, 5.74) is 2.59. The Hall–Kier alpha value is -2.49. The first-order valence-electron chi connectivity index (χ1n) is 6.94. The Morgan fingerprint density at radius 1 is 1.19 bits per heavy atom. The number of benzene rings is 2. The zero-order valence-corrected chi connectivity index (χ0v) is 12.2. The molecule has 4 heteroatoms. The van der Waals surface area contributed by atoms with Crippen molar-refractivity contribution in [3.05, 3.63) is 53.6 Å². The van der Waals surface area contributed by atoms with Gasteiger partial charge in [-0.05, 0) is 49.7 Å². The molecule has 0 aliphatic heterocycles. The Balaban J connectivity index is 2.16. The highest BCUT2D eigenvalue weighted by atomic mass is 16.5. The largest absolute Gasteiger partial charge is 0.494 e. The van der Waals surface area contributed by atoms with Gasteiger partial charge in [-0.2, -0.15) is 0 Å². The molecule has 2 N–H and O–H groups in total. The molecule has 0 fully saturated rings. The van der Waals surface area contributed by atoms with Gasteiger partial charge in [0.05, 0.1) is 17.9 Å². The molecule has 4 nitrogen and oxygen atoms in total. The lowest BCUT2D eigenvalue weighted by molar-refractivity contribution is 0.0698. The summed E-state index contributed by atoms with van der Waals surface area (Å²) >= 11 is 0. The number of aromatic carboxylic acids is 1. The third kappa shape index (κ3) is 3.99. The Labute approximate surface area is 124 Å². The topological polar surface area (TPSA) is 58.6 Å². The van der Waals surface area contributed by atoms with E-state index in [9.17, 15) is 9.90 Å². The smallest absolute Gasteiger partial charge is 0.337 e. The Morgan fingerprint density at radius 3 is 2.52 bits per heavy atom. The molecule has 2 aromatic carbocycles. The van der Waals surface area contributed by atoms with Crippen LogP contribution >= 0.6 is 0 Å². The number of ether oxygens (including phenoxy) is 1. The number of hydrogen-bond acceptors (Lipinski definition) is 3. The lowest BCUT2D eigenvalue weighted by atomic mass is 10.1. The van der Waals surface area contributed by atoms with Crippen molar-refractivity contribution in [2.45, 2.75) is 20.3 Å². The lowest BCUT2D eigenvalue weighted by Crippen LogP contribution is -2.03. The predicted molar refractivity (Wildman–Crippen MR) is 83.6 cm³/mol. The van der Waals surface area contributed by atoms with Crippen LogP contribution in [0, 0.1) is 6.92 Å². The summed E-state index contributed by atoms with van der Waals surface area (Å²) in [6.07, 6.45) is 0.964. The number of nitrogens with one attached hydrogen (secondary N) is 1. The van der Waals surface area contributed by atoms with E-state index in [1.807, 2.05) is 37.3 Å². The van der Waals surface area contributed by atoms with Gasteiger partial charge >= 0.3 is 5.97 Å². The monoisotopic (exact) mass is 285 g/mol. The average Bonchev–Trinajstić information content (AvgIpc) is 2.48. The minimum atomic E-state index is -0.941. The minimum Gasteiger partial charge on any atom is -0.494 e. The molecule has 0 heterocycles. The molecule has 0 radical (unpaired) electrons. The molecular formula is C17H19NO3. The van der Waals surface area contributed by atoms with Crippen LogP contribution < -0.4 is 10.1 Å². The molecule has 0 saturated carbocycles. The van der Waals surface area contributed by atoms with Crippen LogP contribution in [0.15, 0.2) is 42.5 Å². The fraction of sp³-hybridized carbons (Fsp3) is 0.235. The van der Waals surface area contributed by atoms with Crippen molar-refractivity contribution in [3.8, 4) is 5.75 Å². The molecule has 0 saturated heterocycles. The van der Waals surface area contributed by atoms with Gasteiger partial charge < -0.3 is 15.2 Å². The molecule has 21 heavy (non-hydrogen) atoms. The Kier molecular flexibility index (Phi) is 4.82. The molecule has 0 amide bonds. The average molecular weight is 285 g/mol. The molecular weight excluding hydrogens is 266 g/mol. The number of carboxylic acids is 1. The molecule has 2 aromatic rings. The summed E-state index contributed by atoms with van der Waals surface area (Å²) in [5, 5.41) is 12.4. The molecule has 110 valence electrons. The van der Waals surface area contributed by atoms with Crippen LogP contribution in [-0.4, -0.2) is 17.7 Å². The quantitative estimate of drug-likeness (QED) is 0.834. The van der Waals surface area contributed by atoms with Crippen molar-refractivity contribution in [2.75, 3.05) is 11.9 Å². The second kappa shape index (κ2) is 6.79. The van der Waals surface area contributed by atoms with Gasteiger partial charge in [0.15, 0.2) is 0 Å². The third-order valence-electron chi connectivity index (χ3n) is 3.01.